The summed E-state index contributed by atoms with van der Waals surface area (Å²) in [5.74, 6) is -0.643. The molecular weight excluding hydrogens is 307 g/mol. The molecule has 0 fully saturated rings. The van der Waals surface area contributed by atoms with Gasteiger partial charge in [-0.1, -0.05) is 12.1 Å². The molecule has 2 N–H and O–H groups in total. The molecule has 118 valence electrons. The highest BCUT2D eigenvalue weighted by molar-refractivity contribution is 7.09. The number of aliphatic hydroxyl groups is 1. The maximum Gasteiger partial charge on any atom is 0.270 e. The first-order valence-corrected chi connectivity index (χ1v) is 7.60. The van der Waals surface area contributed by atoms with Gasteiger partial charge in [-0.05, 0) is 17.7 Å². The molecule has 0 bridgehead atoms. The van der Waals surface area contributed by atoms with E-state index in [1.807, 2.05) is 6.07 Å². The van der Waals surface area contributed by atoms with Crippen LogP contribution in [0.4, 0.5) is 4.39 Å². The molecule has 7 heteroatoms. The van der Waals surface area contributed by atoms with Gasteiger partial charge < -0.3 is 15.2 Å². The van der Waals surface area contributed by atoms with Gasteiger partial charge in [-0.15, -0.1) is 11.3 Å². The third-order valence-corrected chi connectivity index (χ3v) is 3.73. The second kappa shape index (κ2) is 7.98. The average molecular weight is 324 g/mol. The molecule has 22 heavy (non-hydrogen) atoms. The number of aromatic nitrogens is 1. The van der Waals surface area contributed by atoms with Gasteiger partial charge in [0.25, 0.3) is 5.91 Å². The zero-order valence-electron chi connectivity index (χ0n) is 12.1. The number of amides is 1. The van der Waals surface area contributed by atoms with Crippen molar-refractivity contribution >= 4 is 17.2 Å². The summed E-state index contributed by atoms with van der Waals surface area (Å²) in [5, 5.41) is 14.4. The molecule has 1 heterocycles. The standard InChI is InChI=1S/C15H17FN2O3S/c1-21-8-12(19)7-17-15(20)13-9-22-14(18-13)6-10-3-2-4-11(16)5-10/h2-5,9,12,19H,6-8H2,1H3,(H,17,20). The number of benzene rings is 1. The summed E-state index contributed by atoms with van der Waals surface area (Å²) in [7, 11) is 1.48. The van der Waals surface area contributed by atoms with Gasteiger partial charge in [0, 0.05) is 25.5 Å². The van der Waals surface area contributed by atoms with Gasteiger partial charge in [0.15, 0.2) is 0 Å². The Bertz CT molecular complexity index is 633. The lowest BCUT2D eigenvalue weighted by molar-refractivity contribution is 0.0609. The van der Waals surface area contributed by atoms with E-state index in [9.17, 15) is 14.3 Å². The first-order valence-electron chi connectivity index (χ1n) is 6.72. The first-order chi connectivity index (χ1) is 10.6. The fourth-order valence-electron chi connectivity index (χ4n) is 1.87. The SMILES string of the molecule is COCC(O)CNC(=O)c1csc(Cc2cccc(F)c2)n1. The van der Waals surface area contributed by atoms with Crippen LogP contribution in [0.1, 0.15) is 21.1 Å². The molecule has 2 aromatic rings. The van der Waals surface area contributed by atoms with Crippen molar-refractivity contribution in [3.05, 3.63) is 51.7 Å². The molecule has 1 amide bonds. The number of methoxy groups -OCH3 is 1. The summed E-state index contributed by atoms with van der Waals surface area (Å²) in [6, 6.07) is 6.28. The molecule has 0 aliphatic carbocycles. The fourth-order valence-corrected chi connectivity index (χ4v) is 2.68. The second-order valence-electron chi connectivity index (χ2n) is 4.75. The van der Waals surface area contributed by atoms with Crippen molar-refractivity contribution in [2.75, 3.05) is 20.3 Å². The Balaban J connectivity index is 1.92. The summed E-state index contributed by atoms with van der Waals surface area (Å²) in [6.45, 7) is 0.256. The number of thiazole rings is 1. The lowest BCUT2D eigenvalue weighted by Crippen LogP contribution is -2.34. The third kappa shape index (κ3) is 4.87. The molecule has 0 radical (unpaired) electrons. The van der Waals surface area contributed by atoms with Crippen LogP contribution in [0.5, 0.6) is 0 Å². The van der Waals surface area contributed by atoms with Crippen LogP contribution in [0.15, 0.2) is 29.6 Å². The highest BCUT2D eigenvalue weighted by atomic mass is 32.1. The number of carbonyl (C=O) groups is 1. The minimum Gasteiger partial charge on any atom is -0.389 e. The number of nitrogens with one attached hydrogen (secondary N) is 1. The van der Waals surface area contributed by atoms with Gasteiger partial charge >= 0.3 is 0 Å². The number of carbonyl (C=O) groups excluding carboxylic acids is 1. The van der Waals surface area contributed by atoms with Gasteiger partial charge in [-0.25, -0.2) is 9.37 Å². The number of ether oxygens (including phenoxy) is 1. The molecule has 5 nitrogen and oxygen atoms in total. The Morgan fingerprint density at radius 2 is 2.36 bits per heavy atom. The van der Waals surface area contributed by atoms with Crippen LogP contribution in [0, 0.1) is 5.82 Å². The van der Waals surface area contributed by atoms with E-state index in [1.54, 1.807) is 11.4 Å². The van der Waals surface area contributed by atoms with Crippen LogP contribution >= 0.6 is 11.3 Å². The Hall–Kier alpha value is -1.83. The molecule has 0 aliphatic rings. The van der Waals surface area contributed by atoms with Crippen molar-refractivity contribution in [1.29, 1.82) is 0 Å². The summed E-state index contributed by atoms with van der Waals surface area (Å²) >= 11 is 1.34. The lowest BCUT2D eigenvalue weighted by Gasteiger charge is -2.09. The number of halogens is 1. The number of nitrogens with zero attached hydrogens (tertiary/aromatic N) is 1. The van der Waals surface area contributed by atoms with E-state index in [2.05, 4.69) is 10.3 Å². The number of hydrogen-bond acceptors (Lipinski definition) is 5. The first kappa shape index (κ1) is 16.5. The fraction of sp³-hybridized carbons (Fsp3) is 0.333. The van der Waals surface area contributed by atoms with Crippen molar-refractivity contribution < 1.29 is 19.0 Å². The summed E-state index contributed by atoms with van der Waals surface area (Å²) in [4.78, 5) is 16.1. The summed E-state index contributed by atoms with van der Waals surface area (Å²) < 4.78 is 17.9. The Morgan fingerprint density at radius 1 is 1.55 bits per heavy atom. The number of rotatable bonds is 7. The van der Waals surface area contributed by atoms with E-state index >= 15 is 0 Å². The zero-order chi connectivity index (χ0) is 15.9. The van der Waals surface area contributed by atoms with Crippen LogP contribution in [-0.2, 0) is 11.2 Å². The van der Waals surface area contributed by atoms with E-state index < -0.39 is 6.10 Å². The van der Waals surface area contributed by atoms with Crippen molar-refractivity contribution in [2.45, 2.75) is 12.5 Å². The molecule has 0 saturated carbocycles. The Kier molecular flexibility index (Phi) is 6.00. The molecule has 1 aromatic carbocycles. The van der Waals surface area contributed by atoms with Gasteiger partial charge in [-0.2, -0.15) is 0 Å². The molecule has 1 atom stereocenters. The van der Waals surface area contributed by atoms with Gasteiger partial charge in [-0.3, -0.25) is 4.79 Å². The molecule has 2 rings (SSSR count). The lowest BCUT2D eigenvalue weighted by atomic mass is 10.1. The van der Waals surface area contributed by atoms with E-state index in [0.717, 1.165) is 10.6 Å². The summed E-state index contributed by atoms with van der Waals surface area (Å²) in [6.07, 6.45) is -0.276. The highest BCUT2D eigenvalue weighted by Gasteiger charge is 2.13. The monoisotopic (exact) mass is 324 g/mol. The van der Waals surface area contributed by atoms with Crippen LogP contribution < -0.4 is 5.32 Å². The van der Waals surface area contributed by atoms with Crippen LogP contribution in [0.2, 0.25) is 0 Å². The quantitative estimate of drug-likeness (QED) is 0.812. The normalized spacial score (nSPS) is 12.1. The van der Waals surface area contributed by atoms with Crippen LogP contribution in [-0.4, -0.2) is 42.4 Å². The van der Waals surface area contributed by atoms with E-state index in [4.69, 9.17) is 4.74 Å². The van der Waals surface area contributed by atoms with Crippen molar-refractivity contribution in [3.8, 4) is 0 Å². The van der Waals surface area contributed by atoms with Crippen molar-refractivity contribution in [1.82, 2.24) is 10.3 Å². The largest absolute Gasteiger partial charge is 0.389 e. The Morgan fingerprint density at radius 3 is 3.09 bits per heavy atom. The topological polar surface area (TPSA) is 71.5 Å². The van der Waals surface area contributed by atoms with E-state index in [1.165, 1.54) is 30.6 Å². The third-order valence-electron chi connectivity index (χ3n) is 2.89. The van der Waals surface area contributed by atoms with E-state index in [0.29, 0.717) is 12.1 Å². The molecule has 1 unspecified atom stereocenters. The predicted octanol–water partition coefficient (Wildman–Crippen LogP) is 1.61. The van der Waals surface area contributed by atoms with Gasteiger partial charge in [0.05, 0.1) is 17.7 Å². The Labute approximate surface area is 131 Å². The maximum absolute atomic E-state index is 13.1. The zero-order valence-corrected chi connectivity index (χ0v) is 12.9. The minimum absolute atomic E-state index is 0.101. The predicted molar refractivity (Wildman–Crippen MR) is 81.5 cm³/mol. The smallest absolute Gasteiger partial charge is 0.270 e. The number of aliphatic hydroxyl groups excluding tert-OH is 1. The van der Waals surface area contributed by atoms with Crippen molar-refractivity contribution in [2.24, 2.45) is 0 Å². The average Bonchev–Trinajstić information content (AvgIpc) is 2.94. The van der Waals surface area contributed by atoms with Gasteiger partial charge in [0.2, 0.25) is 0 Å². The molecule has 1 aromatic heterocycles. The second-order valence-corrected chi connectivity index (χ2v) is 5.70. The van der Waals surface area contributed by atoms with E-state index in [-0.39, 0.29) is 24.9 Å². The maximum atomic E-state index is 13.1. The highest BCUT2D eigenvalue weighted by Crippen LogP contribution is 2.15. The molecule has 0 saturated heterocycles. The van der Waals surface area contributed by atoms with Crippen LogP contribution in [0.3, 0.4) is 0 Å². The molecule has 0 spiro atoms. The molecule has 0 aliphatic heterocycles. The minimum atomic E-state index is -0.751. The summed E-state index contributed by atoms with van der Waals surface area (Å²) in [5.41, 5.74) is 1.10. The van der Waals surface area contributed by atoms with Gasteiger partial charge in [0.1, 0.15) is 11.5 Å². The van der Waals surface area contributed by atoms with Crippen LogP contribution in [0.25, 0.3) is 0 Å². The van der Waals surface area contributed by atoms with Crippen molar-refractivity contribution in [3.63, 3.8) is 0 Å². The number of hydrogen-bond donors (Lipinski definition) is 2. The molecular formula is C15H17FN2O3S.